The Labute approximate surface area is 59.8 Å². The van der Waals surface area contributed by atoms with E-state index in [1.165, 1.54) is 0 Å². The van der Waals surface area contributed by atoms with Crippen LogP contribution < -0.4 is 5.19 Å². The quantitative estimate of drug-likeness (QED) is 0.477. The number of hydrogen-bond donors (Lipinski definition) is 0. The average Bonchev–Trinajstić information content (AvgIpc) is 1.90. The molecule has 42 valence electrons. The van der Waals surface area contributed by atoms with Gasteiger partial charge in [-0.25, -0.2) is 0 Å². The first kappa shape index (κ1) is 6.11. The molecule has 0 saturated carbocycles. The fourth-order valence-corrected chi connectivity index (χ4v) is 4.42. The van der Waals surface area contributed by atoms with Crippen LogP contribution in [0.3, 0.4) is 0 Å². The standard InChI is InChI=1S/C6H10GeSi/c7-8-6-4-2-1-3-5-6/h1-5H,8H2,7H3. The molecule has 0 nitrogen and oxygen atoms in total. The van der Waals surface area contributed by atoms with E-state index in [1.54, 1.807) is 5.19 Å². The van der Waals surface area contributed by atoms with Crippen molar-refractivity contribution in [3.63, 3.8) is 0 Å². The minimum atomic E-state index is 0.279. The van der Waals surface area contributed by atoms with Gasteiger partial charge in [-0.1, -0.05) is 0 Å². The Morgan fingerprint density at radius 2 is 1.75 bits per heavy atom. The topological polar surface area (TPSA) is 0 Å². The SMILES string of the molecule is [GeH3][SiH2]c1ccccc1. The van der Waals surface area contributed by atoms with Gasteiger partial charge in [0.25, 0.3) is 0 Å². The summed E-state index contributed by atoms with van der Waals surface area (Å²) < 4.78 is 0. The van der Waals surface area contributed by atoms with E-state index in [4.69, 9.17) is 0 Å². The molecule has 0 aliphatic rings. The second-order valence-corrected chi connectivity index (χ2v) is 7.81. The van der Waals surface area contributed by atoms with Gasteiger partial charge in [0.1, 0.15) is 0 Å². The first-order chi connectivity index (χ1) is 3.93. The van der Waals surface area contributed by atoms with Crippen LogP contribution in [0.25, 0.3) is 0 Å². The van der Waals surface area contributed by atoms with Crippen LogP contribution in [-0.2, 0) is 0 Å². The van der Waals surface area contributed by atoms with E-state index in [0.29, 0.717) is 0 Å². The van der Waals surface area contributed by atoms with Gasteiger partial charge >= 0.3 is 59.4 Å². The molecule has 8 heavy (non-hydrogen) atoms. The zero-order valence-electron chi connectivity index (χ0n) is 5.09. The van der Waals surface area contributed by atoms with Gasteiger partial charge in [0.2, 0.25) is 0 Å². The predicted octanol–water partition coefficient (Wildman–Crippen LogP) is -1.24. The van der Waals surface area contributed by atoms with Gasteiger partial charge in [-0.05, 0) is 0 Å². The fourth-order valence-electron chi connectivity index (χ4n) is 0.714. The Bertz CT molecular complexity index is 150. The van der Waals surface area contributed by atoms with Crippen molar-refractivity contribution in [1.29, 1.82) is 0 Å². The molecular formula is C6H10GeSi. The summed E-state index contributed by atoms with van der Waals surface area (Å²) in [6, 6.07) is 10.8. The first-order valence-electron chi connectivity index (χ1n) is 2.97. The summed E-state index contributed by atoms with van der Waals surface area (Å²) >= 11 is 1.11. The van der Waals surface area contributed by atoms with E-state index in [1.807, 2.05) is 0 Å². The summed E-state index contributed by atoms with van der Waals surface area (Å²) in [4.78, 5) is 0. The van der Waals surface area contributed by atoms with Gasteiger partial charge in [0, 0.05) is 0 Å². The molecule has 0 heterocycles. The maximum atomic E-state index is 2.25. The van der Waals surface area contributed by atoms with Crippen molar-refractivity contribution in [3.8, 4) is 0 Å². The molecule has 0 amide bonds. The summed E-state index contributed by atoms with van der Waals surface area (Å²) in [7, 11) is 0.279. The summed E-state index contributed by atoms with van der Waals surface area (Å²) in [5.74, 6) is 0. The maximum absolute atomic E-state index is 2.25. The Balaban J connectivity index is 2.83. The van der Waals surface area contributed by atoms with E-state index in [0.717, 1.165) is 15.9 Å². The molecule has 0 atom stereocenters. The third-order valence-electron chi connectivity index (χ3n) is 1.25. The molecule has 1 rings (SSSR count). The fraction of sp³-hybridized carbons (Fsp3) is 0. The molecular weight excluding hydrogens is 173 g/mol. The zero-order valence-corrected chi connectivity index (χ0v) is 10.7. The summed E-state index contributed by atoms with van der Waals surface area (Å²) in [5.41, 5.74) is 0. The Kier molecular flexibility index (Phi) is 2.36. The Hall–Kier alpha value is -0.0203. The van der Waals surface area contributed by atoms with Crippen molar-refractivity contribution in [1.82, 2.24) is 0 Å². The number of benzene rings is 1. The van der Waals surface area contributed by atoms with E-state index >= 15 is 0 Å². The molecule has 0 fully saturated rings. The predicted molar refractivity (Wildman–Crippen MR) is 44.6 cm³/mol. The van der Waals surface area contributed by atoms with Gasteiger partial charge in [0.15, 0.2) is 0 Å². The molecule has 0 radical (unpaired) electrons. The van der Waals surface area contributed by atoms with E-state index < -0.39 is 0 Å². The molecule has 1 aromatic rings. The molecule has 0 saturated heterocycles. The third kappa shape index (κ3) is 1.49. The van der Waals surface area contributed by atoms with Crippen molar-refractivity contribution in [2.75, 3.05) is 0 Å². The van der Waals surface area contributed by atoms with Crippen molar-refractivity contribution in [2.45, 2.75) is 0 Å². The molecule has 0 unspecified atom stereocenters. The molecule has 0 aromatic heterocycles. The normalized spacial score (nSPS) is 11.0. The van der Waals surface area contributed by atoms with Gasteiger partial charge in [-0.2, -0.15) is 0 Å². The van der Waals surface area contributed by atoms with E-state index in [-0.39, 0.29) is 8.04 Å². The van der Waals surface area contributed by atoms with Crippen molar-refractivity contribution < 1.29 is 0 Å². The van der Waals surface area contributed by atoms with Crippen LogP contribution in [-0.4, -0.2) is 23.9 Å². The monoisotopic (exact) mass is 184 g/mol. The second kappa shape index (κ2) is 3.10. The van der Waals surface area contributed by atoms with Crippen LogP contribution in [0.2, 0.25) is 0 Å². The van der Waals surface area contributed by atoms with E-state index in [9.17, 15) is 0 Å². The van der Waals surface area contributed by atoms with Crippen LogP contribution >= 0.6 is 0 Å². The first-order valence-corrected chi connectivity index (χ1v) is 14.0. The second-order valence-electron chi connectivity index (χ2n) is 1.84. The summed E-state index contributed by atoms with van der Waals surface area (Å²) in [6.45, 7) is 0. The van der Waals surface area contributed by atoms with Crippen LogP contribution in [0.5, 0.6) is 0 Å². The molecule has 1 aromatic carbocycles. The van der Waals surface area contributed by atoms with Crippen LogP contribution in [0, 0.1) is 0 Å². The van der Waals surface area contributed by atoms with Crippen LogP contribution in [0.1, 0.15) is 0 Å². The van der Waals surface area contributed by atoms with Crippen molar-refractivity contribution in [2.24, 2.45) is 0 Å². The summed E-state index contributed by atoms with van der Waals surface area (Å²) in [5, 5.41) is 1.63. The van der Waals surface area contributed by atoms with Crippen LogP contribution in [0.4, 0.5) is 0 Å². The third-order valence-corrected chi connectivity index (χ3v) is 7.68. The Morgan fingerprint density at radius 1 is 1.12 bits per heavy atom. The van der Waals surface area contributed by atoms with Crippen LogP contribution in [0.15, 0.2) is 30.3 Å². The summed E-state index contributed by atoms with van der Waals surface area (Å²) in [6.07, 6.45) is 0. The molecule has 0 bridgehead atoms. The van der Waals surface area contributed by atoms with Gasteiger partial charge in [0.05, 0.1) is 0 Å². The van der Waals surface area contributed by atoms with Gasteiger partial charge in [-0.3, -0.25) is 0 Å². The number of rotatable bonds is 1. The molecule has 0 aliphatic carbocycles. The molecule has 0 N–H and O–H groups in total. The van der Waals surface area contributed by atoms with Gasteiger partial charge in [-0.15, -0.1) is 0 Å². The Morgan fingerprint density at radius 3 is 2.12 bits per heavy atom. The molecule has 0 spiro atoms. The van der Waals surface area contributed by atoms with Crippen molar-refractivity contribution in [3.05, 3.63) is 30.3 Å². The van der Waals surface area contributed by atoms with Crippen molar-refractivity contribution >= 4 is 29.1 Å². The average molecular weight is 183 g/mol. The van der Waals surface area contributed by atoms with Gasteiger partial charge < -0.3 is 0 Å². The zero-order chi connectivity index (χ0) is 5.82. The molecule has 0 aliphatic heterocycles. The van der Waals surface area contributed by atoms with E-state index in [2.05, 4.69) is 30.3 Å². The minimum absolute atomic E-state index is 0.279. The molecule has 2 heteroatoms. The number of hydrogen-bond acceptors (Lipinski definition) is 0.